The maximum absolute atomic E-state index is 6.47. The highest BCUT2D eigenvalue weighted by molar-refractivity contribution is 6.07. The fraction of sp³-hybridized carbons (Fsp3) is 0.543. The van der Waals surface area contributed by atoms with Crippen LogP contribution in [0, 0.1) is 17.3 Å². The summed E-state index contributed by atoms with van der Waals surface area (Å²) >= 11 is 0. The zero-order valence-electron chi connectivity index (χ0n) is 25.8. The maximum Gasteiger partial charge on any atom is 0.102 e. The van der Waals surface area contributed by atoms with Crippen LogP contribution >= 0.6 is 0 Å². The molecule has 3 N–H and O–H groups in total. The van der Waals surface area contributed by atoms with Crippen LogP contribution in [0.2, 0.25) is 0 Å². The van der Waals surface area contributed by atoms with E-state index >= 15 is 0 Å². The van der Waals surface area contributed by atoms with Gasteiger partial charge in [0.15, 0.2) is 0 Å². The normalized spacial score (nSPS) is 27.9. The number of hydrogen-bond donors (Lipinski definition) is 2. The van der Waals surface area contributed by atoms with Crippen molar-refractivity contribution in [2.45, 2.75) is 99.3 Å². The SMILES string of the molecule is C=C(CCC1/C(=C\C)C(=NC)C2(C)CCC(C)c3ccc(N)c(/C=C\C)c3CCCC12)NC(C)=NC=C(C)C. The zero-order valence-corrected chi connectivity index (χ0v) is 25.8. The van der Waals surface area contributed by atoms with Gasteiger partial charge in [0.25, 0.3) is 0 Å². The summed E-state index contributed by atoms with van der Waals surface area (Å²) in [5.74, 6) is 2.42. The minimum atomic E-state index is 0.0859. The summed E-state index contributed by atoms with van der Waals surface area (Å²) in [5.41, 5.74) is 16.6. The molecular weight excluding hydrogens is 476 g/mol. The molecule has 1 aromatic rings. The van der Waals surface area contributed by atoms with E-state index in [-0.39, 0.29) is 5.41 Å². The first-order valence-corrected chi connectivity index (χ1v) is 14.9. The lowest BCUT2D eigenvalue weighted by Gasteiger charge is -2.36. The molecule has 39 heavy (non-hydrogen) atoms. The number of amidine groups is 1. The number of anilines is 1. The third-order valence-corrected chi connectivity index (χ3v) is 9.01. The average Bonchev–Trinajstić information content (AvgIpc) is 3.13. The van der Waals surface area contributed by atoms with Crippen LogP contribution in [0.25, 0.3) is 6.08 Å². The summed E-state index contributed by atoms with van der Waals surface area (Å²) in [6.45, 7) is 19.6. The molecule has 0 heterocycles. The van der Waals surface area contributed by atoms with Gasteiger partial charge in [-0.1, -0.05) is 50.3 Å². The van der Waals surface area contributed by atoms with Crippen molar-refractivity contribution in [2.75, 3.05) is 12.8 Å². The van der Waals surface area contributed by atoms with Gasteiger partial charge >= 0.3 is 0 Å². The van der Waals surface area contributed by atoms with E-state index in [1.165, 1.54) is 40.0 Å². The summed E-state index contributed by atoms with van der Waals surface area (Å²) < 4.78 is 0. The first kappa shape index (κ1) is 30.7. The molecular formula is C35H52N4. The van der Waals surface area contributed by atoms with E-state index in [2.05, 4.69) is 88.8 Å². The second-order valence-electron chi connectivity index (χ2n) is 12.1. The number of nitrogens with two attached hydrogens (primary N) is 1. The first-order chi connectivity index (χ1) is 18.6. The Kier molecular flexibility index (Phi) is 10.6. The van der Waals surface area contributed by atoms with Crippen molar-refractivity contribution in [2.24, 2.45) is 27.2 Å². The number of nitrogens with zero attached hydrogens (tertiary/aromatic N) is 2. The van der Waals surface area contributed by atoms with Crippen LogP contribution in [0.4, 0.5) is 5.69 Å². The standard InChI is InChI=1S/C35H52N4/c1-10-13-31-29-14-12-15-32-30(17-16-25(6)39-26(7)38-22-23(3)4)27(11-2)34(37-9)35(32,8)21-20-24(5)28(29)18-19-33(31)36/h10-11,13,18-19,22,24,30,32H,6,12,14-17,20-21,36H2,1-5,7-9H3,(H,38,39)/b13-10-,27-11+,37-34?. The van der Waals surface area contributed by atoms with Gasteiger partial charge in [-0.05, 0) is 120 Å². The number of nitrogen functional groups attached to an aromatic ring is 1. The Morgan fingerprint density at radius 2 is 1.95 bits per heavy atom. The third-order valence-electron chi connectivity index (χ3n) is 9.01. The van der Waals surface area contributed by atoms with Gasteiger partial charge in [0.2, 0.25) is 0 Å². The van der Waals surface area contributed by atoms with Crippen LogP contribution in [0.3, 0.4) is 0 Å². The topological polar surface area (TPSA) is 62.8 Å². The van der Waals surface area contributed by atoms with E-state index in [0.29, 0.717) is 17.8 Å². The minimum Gasteiger partial charge on any atom is -0.398 e. The predicted octanol–water partition coefficient (Wildman–Crippen LogP) is 9.02. The number of rotatable bonds is 6. The van der Waals surface area contributed by atoms with Crippen molar-refractivity contribution in [3.63, 3.8) is 0 Å². The maximum atomic E-state index is 6.47. The molecule has 0 aliphatic heterocycles. The molecule has 0 aromatic heterocycles. The number of allylic oxidation sites excluding steroid dienone is 5. The smallest absolute Gasteiger partial charge is 0.102 e. The number of aliphatic imine (C=N–C) groups is 2. The molecule has 4 unspecified atom stereocenters. The number of fused-ring (bicyclic) bond motifs is 2. The molecule has 4 atom stereocenters. The van der Waals surface area contributed by atoms with Crippen molar-refractivity contribution in [3.8, 4) is 0 Å². The molecule has 2 aliphatic carbocycles. The van der Waals surface area contributed by atoms with E-state index in [1.54, 1.807) is 0 Å². The molecule has 212 valence electrons. The largest absolute Gasteiger partial charge is 0.398 e. The van der Waals surface area contributed by atoms with Gasteiger partial charge in [0, 0.05) is 41.3 Å². The highest BCUT2D eigenvalue weighted by atomic mass is 15.0. The van der Waals surface area contributed by atoms with Gasteiger partial charge in [0.1, 0.15) is 5.84 Å². The lowest BCUT2D eigenvalue weighted by atomic mass is 9.68. The average molecular weight is 529 g/mol. The van der Waals surface area contributed by atoms with Gasteiger partial charge in [-0.2, -0.15) is 0 Å². The molecule has 4 heteroatoms. The summed E-state index contributed by atoms with van der Waals surface area (Å²) in [6, 6.07) is 4.39. The van der Waals surface area contributed by atoms with Crippen LogP contribution < -0.4 is 11.1 Å². The monoisotopic (exact) mass is 528 g/mol. The van der Waals surface area contributed by atoms with Crippen LogP contribution in [0.5, 0.6) is 0 Å². The number of nitrogens with one attached hydrogen (secondary N) is 1. The predicted molar refractivity (Wildman–Crippen MR) is 172 cm³/mol. The molecule has 3 rings (SSSR count). The lowest BCUT2D eigenvalue weighted by molar-refractivity contribution is 0.197. The summed E-state index contributed by atoms with van der Waals surface area (Å²) in [6.07, 6.45) is 16.3. The summed E-state index contributed by atoms with van der Waals surface area (Å²) in [7, 11) is 2.00. The number of benzene rings is 1. The Labute approximate surface area is 238 Å². The van der Waals surface area contributed by atoms with Crippen LogP contribution in [0.15, 0.2) is 63.9 Å². The Hall–Kier alpha value is -2.88. The van der Waals surface area contributed by atoms with Gasteiger partial charge in [-0.25, -0.2) is 4.99 Å². The highest BCUT2D eigenvalue weighted by Gasteiger charge is 2.51. The fourth-order valence-corrected chi connectivity index (χ4v) is 7.14. The van der Waals surface area contributed by atoms with Gasteiger partial charge in [-0.15, -0.1) is 0 Å². The Morgan fingerprint density at radius 1 is 1.21 bits per heavy atom. The van der Waals surface area contributed by atoms with Crippen LogP contribution in [-0.2, 0) is 6.42 Å². The van der Waals surface area contributed by atoms with Crippen molar-refractivity contribution >= 4 is 23.3 Å². The Balaban J connectivity index is 1.91. The molecule has 0 radical (unpaired) electrons. The van der Waals surface area contributed by atoms with E-state index in [4.69, 9.17) is 10.7 Å². The van der Waals surface area contributed by atoms with Crippen molar-refractivity contribution in [1.82, 2.24) is 5.32 Å². The van der Waals surface area contributed by atoms with Crippen molar-refractivity contribution in [1.29, 1.82) is 0 Å². The highest BCUT2D eigenvalue weighted by Crippen LogP contribution is 2.55. The summed E-state index contributed by atoms with van der Waals surface area (Å²) in [4.78, 5) is 9.48. The van der Waals surface area contributed by atoms with E-state index in [0.717, 1.165) is 55.7 Å². The molecule has 0 saturated heterocycles. The molecule has 1 saturated carbocycles. The molecule has 0 amide bonds. The van der Waals surface area contributed by atoms with Crippen LogP contribution in [-0.4, -0.2) is 18.6 Å². The van der Waals surface area contributed by atoms with Gasteiger partial charge < -0.3 is 11.1 Å². The first-order valence-electron chi connectivity index (χ1n) is 14.9. The van der Waals surface area contributed by atoms with Crippen molar-refractivity contribution in [3.05, 3.63) is 70.6 Å². The zero-order chi connectivity index (χ0) is 28.7. The van der Waals surface area contributed by atoms with Crippen LogP contribution in [0.1, 0.15) is 110 Å². The van der Waals surface area contributed by atoms with Crippen molar-refractivity contribution < 1.29 is 0 Å². The molecule has 0 spiro atoms. The van der Waals surface area contributed by atoms with E-state index < -0.39 is 0 Å². The van der Waals surface area contributed by atoms with Gasteiger partial charge in [-0.3, -0.25) is 4.99 Å². The molecule has 2 aliphatic rings. The second-order valence-corrected chi connectivity index (χ2v) is 12.1. The van der Waals surface area contributed by atoms with E-state index in [9.17, 15) is 0 Å². The Morgan fingerprint density at radius 3 is 2.59 bits per heavy atom. The number of hydrogen-bond acceptors (Lipinski definition) is 3. The summed E-state index contributed by atoms with van der Waals surface area (Å²) in [5, 5.41) is 3.42. The Bertz CT molecular complexity index is 1190. The molecule has 1 fully saturated rings. The lowest BCUT2D eigenvalue weighted by Crippen LogP contribution is -2.32. The van der Waals surface area contributed by atoms with E-state index in [1.807, 2.05) is 20.2 Å². The fourth-order valence-electron chi connectivity index (χ4n) is 7.14. The minimum absolute atomic E-state index is 0.0859. The molecule has 4 nitrogen and oxygen atoms in total. The molecule has 1 aromatic carbocycles. The van der Waals surface area contributed by atoms with Gasteiger partial charge in [0.05, 0.1) is 0 Å². The quantitative estimate of drug-likeness (QED) is 0.220. The second kappa shape index (κ2) is 13.5. The third kappa shape index (κ3) is 6.83. The molecule has 0 bridgehead atoms.